The molecule has 11 heteroatoms. The Morgan fingerprint density at radius 3 is 2.59 bits per heavy atom. The van der Waals surface area contributed by atoms with Crippen LogP contribution in [0.2, 0.25) is 0 Å². The molecule has 3 aromatic rings. The van der Waals surface area contributed by atoms with Crippen molar-refractivity contribution < 1.29 is 24.3 Å². The molecule has 1 saturated heterocycles. The van der Waals surface area contributed by atoms with Gasteiger partial charge in [-0.2, -0.15) is 0 Å². The summed E-state index contributed by atoms with van der Waals surface area (Å²) in [5.41, 5.74) is 7.28. The number of nitrogens with two attached hydrogens (primary N) is 1. The SMILES string of the molecule is Nc1ncnc2c1ncn2[C@H]1C[C@H](ON2C(=O)c3ccccc3C2=O)[C@@H](CO)O1. The maximum Gasteiger partial charge on any atom is 0.285 e. The van der Waals surface area contributed by atoms with E-state index in [1.165, 1.54) is 12.7 Å². The summed E-state index contributed by atoms with van der Waals surface area (Å²) in [4.78, 5) is 43.1. The number of aromatic nitrogens is 4. The van der Waals surface area contributed by atoms with Crippen LogP contribution >= 0.6 is 0 Å². The molecule has 2 aliphatic rings. The Morgan fingerprint density at radius 2 is 1.90 bits per heavy atom. The number of nitrogens with zero attached hydrogens (tertiary/aromatic N) is 5. The van der Waals surface area contributed by atoms with Crippen molar-refractivity contribution in [1.29, 1.82) is 0 Å². The Labute approximate surface area is 163 Å². The standard InChI is InChI=1S/C18H16N6O5/c19-15-14-16(21-7-20-15)23(8-22-14)13-5-11(12(6-25)28-13)29-24-17(26)9-3-1-2-4-10(9)18(24)27/h1-4,7-8,11-13,25H,5-6H2,(H2,19,20,21)/t11-,12+,13+/m0/s1. The lowest BCUT2D eigenvalue weighted by Gasteiger charge is -2.21. The predicted octanol–water partition coefficient (Wildman–Crippen LogP) is 0.285. The van der Waals surface area contributed by atoms with Crippen LogP contribution in [0.3, 0.4) is 0 Å². The van der Waals surface area contributed by atoms with Gasteiger partial charge in [0.15, 0.2) is 11.5 Å². The molecule has 29 heavy (non-hydrogen) atoms. The van der Waals surface area contributed by atoms with Crippen molar-refractivity contribution in [3.05, 3.63) is 48.0 Å². The lowest BCUT2D eigenvalue weighted by Crippen LogP contribution is -2.39. The van der Waals surface area contributed by atoms with Crippen molar-refractivity contribution in [3.8, 4) is 0 Å². The Balaban J connectivity index is 1.40. The Morgan fingerprint density at radius 1 is 1.17 bits per heavy atom. The molecule has 0 radical (unpaired) electrons. The van der Waals surface area contributed by atoms with Gasteiger partial charge in [0.05, 0.1) is 24.1 Å². The Hall–Kier alpha value is -3.41. The molecular formula is C18H16N6O5. The van der Waals surface area contributed by atoms with Gasteiger partial charge in [0.2, 0.25) is 0 Å². The van der Waals surface area contributed by atoms with Gasteiger partial charge in [-0.25, -0.2) is 15.0 Å². The molecule has 2 aliphatic heterocycles. The van der Waals surface area contributed by atoms with Crippen molar-refractivity contribution in [1.82, 2.24) is 24.6 Å². The quantitative estimate of drug-likeness (QED) is 0.594. The summed E-state index contributed by atoms with van der Waals surface area (Å²) in [5.74, 6) is -0.844. The van der Waals surface area contributed by atoms with E-state index in [1.54, 1.807) is 28.8 Å². The minimum atomic E-state index is -0.749. The van der Waals surface area contributed by atoms with Crippen LogP contribution in [0.1, 0.15) is 33.4 Å². The number of hydrogen-bond donors (Lipinski definition) is 2. The van der Waals surface area contributed by atoms with Crippen LogP contribution in [-0.2, 0) is 9.57 Å². The van der Waals surface area contributed by atoms with Gasteiger partial charge in [-0.05, 0) is 12.1 Å². The number of aliphatic hydroxyl groups excluding tert-OH is 1. The maximum absolute atomic E-state index is 12.5. The molecule has 0 unspecified atom stereocenters. The summed E-state index contributed by atoms with van der Waals surface area (Å²) < 4.78 is 7.53. The molecule has 0 spiro atoms. The number of nitrogen functional groups attached to an aromatic ring is 1. The molecule has 5 rings (SSSR count). The number of fused-ring (bicyclic) bond motifs is 2. The highest BCUT2D eigenvalue weighted by molar-refractivity contribution is 6.20. The summed E-state index contributed by atoms with van der Waals surface area (Å²) in [5, 5.41) is 10.5. The molecular weight excluding hydrogens is 380 g/mol. The predicted molar refractivity (Wildman–Crippen MR) is 97.2 cm³/mol. The normalized spacial score (nSPS) is 23.9. The highest BCUT2D eigenvalue weighted by Crippen LogP contribution is 2.35. The number of imidazole rings is 1. The summed E-state index contributed by atoms with van der Waals surface area (Å²) in [7, 11) is 0. The first kappa shape index (κ1) is 17.7. The maximum atomic E-state index is 12.5. The molecule has 148 valence electrons. The fraction of sp³-hybridized carbons (Fsp3) is 0.278. The number of imide groups is 1. The molecule has 0 aliphatic carbocycles. The topological polar surface area (TPSA) is 146 Å². The molecule has 1 aromatic carbocycles. The number of carbonyl (C=O) groups is 2. The van der Waals surface area contributed by atoms with Gasteiger partial charge >= 0.3 is 0 Å². The van der Waals surface area contributed by atoms with E-state index in [0.717, 1.165) is 5.06 Å². The van der Waals surface area contributed by atoms with E-state index < -0.39 is 30.3 Å². The number of hydrogen-bond acceptors (Lipinski definition) is 9. The number of hydroxylamine groups is 2. The molecule has 11 nitrogen and oxygen atoms in total. The van der Waals surface area contributed by atoms with Gasteiger partial charge in [-0.1, -0.05) is 12.1 Å². The lowest BCUT2D eigenvalue weighted by molar-refractivity contribution is -0.155. The lowest BCUT2D eigenvalue weighted by atomic mass is 10.1. The number of amides is 2. The highest BCUT2D eigenvalue weighted by Gasteiger charge is 2.44. The first-order chi connectivity index (χ1) is 14.1. The molecule has 2 amide bonds. The van der Waals surface area contributed by atoms with Gasteiger partial charge < -0.3 is 15.6 Å². The summed E-state index contributed by atoms with van der Waals surface area (Å²) in [6.07, 6.45) is 1.03. The molecule has 3 atom stereocenters. The second-order valence-electron chi connectivity index (χ2n) is 6.72. The van der Waals surface area contributed by atoms with Crippen molar-refractivity contribution >= 4 is 28.8 Å². The van der Waals surface area contributed by atoms with Crippen LogP contribution in [0.15, 0.2) is 36.9 Å². The van der Waals surface area contributed by atoms with Gasteiger partial charge in [0, 0.05) is 6.42 Å². The largest absolute Gasteiger partial charge is 0.394 e. The average Bonchev–Trinajstić information content (AvgIpc) is 3.40. The van der Waals surface area contributed by atoms with E-state index in [-0.39, 0.29) is 30.0 Å². The van der Waals surface area contributed by atoms with Crippen LogP contribution < -0.4 is 5.73 Å². The first-order valence-corrected chi connectivity index (χ1v) is 8.92. The van der Waals surface area contributed by atoms with E-state index in [0.29, 0.717) is 11.2 Å². The third-order valence-corrected chi connectivity index (χ3v) is 5.06. The monoisotopic (exact) mass is 396 g/mol. The second-order valence-corrected chi connectivity index (χ2v) is 6.72. The van der Waals surface area contributed by atoms with Crippen molar-refractivity contribution in [3.63, 3.8) is 0 Å². The van der Waals surface area contributed by atoms with Crippen LogP contribution in [0.25, 0.3) is 11.2 Å². The average molecular weight is 396 g/mol. The van der Waals surface area contributed by atoms with Crippen LogP contribution in [0, 0.1) is 0 Å². The van der Waals surface area contributed by atoms with Gasteiger partial charge in [-0.15, -0.1) is 5.06 Å². The van der Waals surface area contributed by atoms with Crippen molar-refractivity contribution in [2.45, 2.75) is 24.9 Å². The Bertz CT molecular complexity index is 1100. The van der Waals surface area contributed by atoms with E-state index in [1.807, 2.05) is 0 Å². The van der Waals surface area contributed by atoms with E-state index in [2.05, 4.69) is 15.0 Å². The summed E-state index contributed by atoms with van der Waals surface area (Å²) in [6, 6.07) is 6.49. The van der Waals surface area contributed by atoms with E-state index >= 15 is 0 Å². The molecule has 0 saturated carbocycles. The summed E-state index contributed by atoms with van der Waals surface area (Å²) in [6.45, 7) is -0.353. The smallest absolute Gasteiger partial charge is 0.285 e. The third-order valence-electron chi connectivity index (χ3n) is 5.06. The highest BCUT2D eigenvalue weighted by atomic mass is 16.7. The molecule has 0 bridgehead atoms. The minimum Gasteiger partial charge on any atom is -0.394 e. The Kier molecular flexibility index (Phi) is 4.01. The first-order valence-electron chi connectivity index (χ1n) is 8.92. The van der Waals surface area contributed by atoms with Crippen LogP contribution in [0.5, 0.6) is 0 Å². The van der Waals surface area contributed by atoms with E-state index in [4.69, 9.17) is 15.3 Å². The minimum absolute atomic E-state index is 0.240. The number of aliphatic hydroxyl groups is 1. The van der Waals surface area contributed by atoms with Gasteiger partial charge in [0.25, 0.3) is 11.8 Å². The zero-order valence-electron chi connectivity index (χ0n) is 15.0. The molecule has 4 heterocycles. The number of carbonyl (C=O) groups excluding carboxylic acids is 2. The van der Waals surface area contributed by atoms with Gasteiger partial charge in [0.1, 0.15) is 30.3 Å². The second kappa shape index (κ2) is 6.58. The van der Waals surface area contributed by atoms with Crippen LogP contribution in [0.4, 0.5) is 5.82 Å². The summed E-state index contributed by atoms with van der Waals surface area (Å²) >= 11 is 0. The van der Waals surface area contributed by atoms with E-state index in [9.17, 15) is 14.7 Å². The zero-order chi connectivity index (χ0) is 20.1. The van der Waals surface area contributed by atoms with Crippen LogP contribution in [-0.4, -0.2) is 60.3 Å². The molecule has 1 fully saturated rings. The zero-order valence-corrected chi connectivity index (χ0v) is 15.0. The molecule has 2 aromatic heterocycles. The fourth-order valence-corrected chi connectivity index (χ4v) is 3.63. The fourth-order valence-electron chi connectivity index (χ4n) is 3.63. The molecule has 3 N–H and O–H groups in total. The number of benzene rings is 1. The van der Waals surface area contributed by atoms with Crippen molar-refractivity contribution in [2.75, 3.05) is 12.3 Å². The number of anilines is 1. The van der Waals surface area contributed by atoms with Gasteiger partial charge in [-0.3, -0.25) is 19.0 Å². The third kappa shape index (κ3) is 2.67. The number of rotatable bonds is 4. The van der Waals surface area contributed by atoms with Crippen molar-refractivity contribution in [2.24, 2.45) is 0 Å². The number of ether oxygens (including phenoxy) is 1.